The van der Waals surface area contributed by atoms with E-state index in [9.17, 15) is 14.9 Å². The molecule has 0 saturated carbocycles. The van der Waals surface area contributed by atoms with Crippen LogP contribution < -0.4 is 19.6 Å². The number of fused-ring (bicyclic) bond motifs is 3. The van der Waals surface area contributed by atoms with E-state index in [4.69, 9.17) is 9.73 Å². The van der Waals surface area contributed by atoms with Gasteiger partial charge in [-0.2, -0.15) is 0 Å². The van der Waals surface area contributed by atoms with Crippen LogP contribution in [0.25, 0.3) is 11.8 Å². The minimum Gasteiger partial charge on any atom is -0.494 e. The van der Waals surface area contributed by atoms with E-state index < -0.39 is 4.92 Å². The van der Waals surface area contributed by atoms with Gasteiger partial charge in [0.2, 0.25) is 0 Å². The lowest BCUT2D eigenvalue weighted by Crippen LogP contribution is -2.38. The van der Waals surface area contributed by atoms with E-state index in [-0.39, 0.29) is 17.3 Å². The van der Waals surface area contributed by atoms with Crippen molar-refractivity contribution >= 4 is 28.8 Å². The third-order valence-electron chi connectivity index (χ3n) is 6.78. The zero-order valence-corrected chi connectivity index (χ0v) is 20.9. The number of nitro benzene ring substituents is 1. The average Bonchev–Trinajstić information content (AvgIpc) is 3.22. The van der Waals surface area contributed by atoms with Crippen molar-refractivity contribution in [2.45, 2.75) is 25.8 Å². The molecule has 1 unspecified atom stereocenters. The van der Waals surface area contributed by atoms with Gasteiger partial charge in [-0.3, -0.25) is 19.5 Å². The molecule has 3 aromatic carbocycles. The van der Waals surface area contributed by atoms with Crippen LogP contribution in [0.2, 0.25) is 0 Å². The van der Waals surface area contributed by atoms with Gasteiger partial charge in [0.15, 0.2) is 4.80 Å². The monoisotopic (exact) mass is 509 g/mol. The van der Waals surface area contributed by atoms with Crippen molar-refractivity contribution in [3.8, 4) is 5.75 Å². The predicted molar refractivity (Wildman–Crippen MR) is 143 cm³/mol. The van der Waals surface area contributed by atoms with Gasteiger partial charge in [0, 0.05) is 17.7 Å². The molecule has 8 heteroatoms. The number of benzene rings is 3. The number of rotatable bonds is 5. The SMILES string of the molecule is CCOc1ccc(C2C3=C(N=c4sc(=Cc5ccc([N+](=O)[O-])cc5)c(=O)n42)c2ccccc2CC3)cc1. The first kappa shape index (κ1) is 23.1. The Morgan fingerprint density at radius 3 is 2.57 bits per heavy atom. The fourth-order valence-corrected chi connectivity index (χ4v) is 6.08. The molecule has 1 aromatic heterocycles. The Balaban J connectivity index is 1.54. The molecule has 184 valence electrons. The van der Waals surface area contributed by atoms with Gasteiger partial charge in [-0.1, -0.05) is 47.7 Å². The van der Waals surface area contributed by atoms with Gasteiger partial charge >= 0.3 is 0 Å². The van der Waals surface area contributed by atoms with Crippen LogP contribution in [0.3, 0.4) is 0 Å². The molecule has 0 spiro atoms. The maximum atomic E-state index is 13.8. The van der Waals surface area contributed by atoms with Gasteiger partial charge in [0.05, 0.1) is 27.8 Å². The number of nitrogens with zero attached hydrogens (tertiary/aromatic N) is 3. The number of thiazole rings is 1. The average molecular weight is 510 g/mol. The Morgan fingerprint density at radius 2 is 1.84 bits per heavy atom. The lowest BCUT2D eigenvalue weighted by atomic mass is 9.83. The Morgan fingerprint density at radius 1 is 1.08 bits per heavy atom. The second kappa shape index (κ2) is 9.29. The molecule has 0 bridgehead atoms. The van der Waals surface area contributed by atoms with Crippen molar-refractivity contribution in [2.75, 3.05) is 6.61 Å². The standard InChI is InChI=1S/C29H23N3O4S/c1-2-36-22-14-9-20(10-15-22)27-24-16-11-19-5-3-4-6-23(19)26(24)30-29-31(27)28(33)25(37-29)17-18-7-12-21(13-8-18)32(34)35/h3-10,12-15,17,27H,2,11,16H2,1H3. The minimum atomic E-state index is -0.434. The smallest absolute Gasteiger partial charge is 0.271 e. The number of aromatic nitrogens is 1. The van der Waals surface area contributed by atoms with Gasteiger partial charge in [0.25, 0.3) is 11.2 Å². The third-order valence-corrected chi connectivity index (χ3v) is 7.76. The topological polar surface area (TPSA) is 86.7 Å². The summed E-state index contributed by atoms with van der Waals surface area (Å²) in [6.45, 7) is 2.54. The van der Waals surface area contributed by atoms with Crippen molar-refractivity contribution in [1.82, 2.24) is 4.57 Å². The number of non-ortho nitro benzene ring substituents is 1. The van der Waals surface area contributed by atoms with Gasteiger partial charge in [-0.15, -0.1) is 0 Å². The summed E-state index contributed by atoms with van der Waals surface area (Å²) in [6.07, 6.45) is 3.49. The van der Waals surface area contributed by atoms with Crippen LogP contribution >= 0.6 is 11.3 Å². The molecule has 6 rings (SSSR count). The molecule has 4 aromatic rings. The van der Waals surface area contributed by atoms with Gasteiger partial charge in [0.1, 0.15) is 5.75 Å². The molecule has 0 saturated heterocycles. The van der Waals surface area contributed by atoms with E-state index in [0.29, 0.717) is 15.9 Å². The largest absolute Gasteiger partial charge is 0.494 e. The van der Waals surface area contributed by atoms with Crippen molar-refractivity contribution in [3.05, 3.63) is 130 Å². The van der Waals surface area contributed by atoms with E-state index in [2.05, 4.69) is 18.2 Å². The molecule has 1 aliphatic heterocycles. The highest BCUT2D eigenvalue weighted by atomic mass is 32.1. The maximum Gasteiger partial charge on any atom is 0.271 e. The highest BCUT2D eigenvalue weighted by molar-refractivity contribution is 7.07. The van der Waals surface area contributed by atoms with Crippen LogP contribution in [-0.4, -0.2) is 16.1 Å². The molecule has 0 radical (unpaired) electrons. The Kier molecular flexibility index (Phi) is 5.81. The van der Waals surface area contributed by atoms with E-state index in [0.717, 1.165) is 46.6 Å². The van der Waals surface area contributed by atoms with Gasteiger partial charge in [-0.05, 0) is 72.4 Å². The van der Waals surface area contributed by atoms with E-state index >= 15 is 0 Å². The van der Waals surface area contributed by atoms with Crippen molar-refractivity contribution < 1.29 is 9.66 Å². The predicted octanol–water partition coefficient (Wildman–Crippen LogP) is 4.63. The van der Waals surface area contributed by atoms with E-state index in [1.54, 1.807) is 22.8 Å². The van der Waals surface area contributed by atoms with Crippen molar-refractivity contribution in [2.24, 2.45) is 4.99 Å². The summed E-state index contributed by atoms with van der Waals surface area (Å²) in [5, 5.41) is 11.0. The number of allylic oxidation sites excluding steroid dienone is 1. The van der Waals surface area contributed by atoms with Crippen LogP contribution in [0, 0.1) is 10.1 Å². The summed E-state index contributed by atoms with van der Waals surface area (Å²) in [5.41, 5.74) is 6.09. The summed E-state index contributed by atoms with van der Waals surface area (Å²) in [7, 11) is 0. The van der Waals surface area contributed by atoms with Crippen molar-refractivity contribution in [1.29, 1.82) is 0 Å². The first-order valence-electron chi connectivity index (χ1n) is 12.1. The molecular weight excluding hydrogens is 486 g/mol. The normalized spacial score (nSPS) is 16.5. The molecule has 1 atom stereocenters. The molecule has 37 heavy (non-hydrogen) atoms. The fourth-order valence-electron chi connectivity index (χ4n) is 5.08. The summed E-state index contributed by atoms with van der Waals surface area (Å²) < 4.78 is 7.98. The third kappa shape index (κ3) is 4.09. The first-order chi connectivity index (χ1) is 18.0. The van der Waals surface area contributed by atoms with Crippen LogP contribution in [0.15, 0.2) is 88.2 Å². The molecule has 2 aliphatic rings. The highest BCUT2D eigenvalue weighted by Gasteiger charge is 2.32. The summed E-state index contributed by atoms with van der Waals surface area (Å²) in [4.78, 5) is 30.0. The number of aryl methyl sites for hydroxylation is 1. The Labute approximate surface area is 216 Å². The zero-order chi connectivity index (χ0) is 25.5. The fraction of sp³-hybridized carbons (Fsp3) is 0.172. The van der Waals surface area contributed by atoms with Gasteiger partial charge in [-0.25, -0.2) is 4.99 Å². The molecule has 0 amide bonds. The van der Waals surface area contributed by atoms with Crippen LogP contribution in [0.4, 0.5) is 5.69 Å². The van der Waals surface area contributed by atoms with Crippen LogP contribution in [-0.2, 0) is 6.42 Å². The second-order valence-electron chi connectivity index (χ2n) is 8.96. The van der Waals surface area contributed by atoms with Crippen LogP contribution in [0.5, 0.6) is 5.75 Å². The maximum absolute atomic E-state index is 13.8. The quantitative estimate of drug-likeness (QED) is 0.290. The number of nitro groups is 1. The summed E-state index contributed by atoms with van der Waals surface area (Å²) in [6, 6.07) is 22.2. The second-order valence-corrected chi connectivity index (χ2v) is 9.97. The number of hydrogen-bond acceptors (Lipinski definition) is 6. The molecule has 0 fully saturated rings. The molecule has 1 aliphatic carbocycles. The minimum absolute atomic E-state index is 0.0143. The van der Waals surface area contributed by atoms with E-state index in [1.165, 1.54) is 29.0 Å². The molecule has 2 heterocycles. The zero-order valence-electron chi connectivity index (χ0n) is 20.1. The first-order valence-corrected chi connectivity index (χ1v) is 13.0. The molecule has 0 N–H and O–H groups in total. The van der Waals surface area contributed by atoms with Crippen molar-refractivity contribution in [3.63, 3.8) is 0 Å². The molecule has 7 nitrogen and oxygen atoms in total. The lowest BCUT2D eigenvalue weighted by molar-refractivity contribution is -0.384. The number of hydrogen-bond donors (Lipinski definition) is 0. The summed E-state index contributed by atoms with van der Waals surface area (Å²) in [5.74, 6) is 0.792. The highest BCUT2D eigenvalue weighted by Crippen LogP contribution is 2.41. The Bertz CT molecular complexity index is 1730. The summed E-state index contributed by atoms with van der Waals surface area (Å²) >= 11 is 1.34. The lowest BCUT2D eigenvalue weighted by Gasteiger charge is -2.30. The Hall–Kier alpha value is -4.30. The van der Waals surface area contributed by atoms with E-state index in [1.807, 2.05) is 37.3 Å². The molecular formula is C29H23N3O4S. The van der Waals surface area contributed by atoms with Crippen LogP contribution in [0.1, 0.15) is 41.6 Å². The number of ether oxygens (including phenoxy) is 1. The van der Waals surface area contributed by atoms with Gasteiger partial charge < -0.3 is 4.74 Å².